The zero-order valence-corrected chi connectivity index (χ0v) is 27.7. The summed E-state index contributed by atoms with van der Waals surface area (Å²) in [5.74, 6) is -0.208. The summed E-state index contributed by atoms with van der Waals surface area (Å²) in [6, 6.07) is 9.53. The van der Waals surface area contributed by atoms with Crippen LogP contribution in [-0.4, -0.2) is 73.5 Å². The van der Waals surface area contributed by atoms with Gasteiger partial charge in [-0.05, 0) is 73.3 Å². The molecule has 0 radical (unpaired) electrons. The van der Waals surface area contributed by atoms with Crippen LogP contribution >= 0.6 is 15.9 Å². The first kappa shape index (κ1) is 33.8. The van der Waals surface area contributed by atoms with Crippen molar-refractivity contribution < 1.29 is 30.6 Å². The Labute approximate surface area is 273 Å². The van der Waals surface area contributed by atoms with E-state index in [0.29, 0.717) is 46.9 Å². The molecular formula is C31H34BrF3N6O4S. The number of hydrogen-bond acceptors (Lipinski definition) is 8. The number of piperidine rings is 1. The molecule has 1 atom stereocenters. The molecule has 1 aliphatic heterocycles. The number of fused-ring (bicyclic) bond motifs is 1. The van der Waals surface area contributed by atoms with Gasteiger partial charge in [-0.25, -0.2) is 9.97 Å². The smallest absolute Gasteiger partial charge is 0.360 e. The van der Waals surface area contributed by atoms with Crippen LogP contribution in [0.4, 0.5) is 19.1 Å². The molecule has 3 heterocycles. The molecule has 1 saturated heterocycles. The Bertz CT molecular complexity index is 1810. The molecule has 46 heavy (non-hydrogen) atoms. The van der Waals surface area contributed by atoms with Gasteiger partial charge in [0.25, 0.3) is 16.0 Å². The average molecular weight is 724 g/mol. The fraction of sp³-hybridized carbons (Fsp3) is 0.387. The van der Waals surface area contributed by atoms with Gasteiger partial charge >= 0.3 is 6.18 Å². The van der Waals surface area contributed by atoms with Crippen LogP contribution in [0.3, 0.4) is 0 Å². The van der Waals surface area contributed by atoms with Crippen molar-refractivity contribution in [1.82, 2.24) is 25.2 Å². The number of nitrogens with zero attached hydrogens (tertiary/aromatic N) is 3. The van der Waals surface area contributed by atoms with Crippen LogP contribution in [-0.2, 0) is 20.5 Å². The van der Waals surface area contributed by atoms with E-state index in [2.05, 4.69) is 41.5 Å². The standard InChI is InChI=1S/C31H34BrF3N6O4S/c1-19-7-9-21(10-8-19)46(43,44)45-15-4-3-14-41(2)29(42)23-12-11-22-24(17-37-28(22)26(23)32)27-25(31(33,34)35)18-38-30(40-27)39-20-6-5-13-36-16-20/h7-12,17-18,20,36-37H,3-6,13-16H2,1-2H3,(H,38,39,40)/t20-/m0/s1. The summed E-state index contributed by atoms with van der Waals surface area (Å²) in [4.78, 5) is 26.2. The lowest BCUT2D eigenvalue weighted by atomic mass is 10.0. The average Bonchev–Trinajstić information content (AvgIpc) is 3.46. The molecule has 2 aromatic heterocycles. The first-order chi connectivity index (χ1) is 21.8. The van der Waals surface area contributed by atoms with Crippen molar-refractivity contribution in [2.45, 2.75) is 49.7 Å². The minimum Gasteiger partial charge on any atom is -0.360 e. The van der Waals surface area contributed by atoms with E-state index in [-0.39, 0.29) is 40.7 Å². The number of aromatic nitrogens is 3. The molecule has 3 N–H and O–H groups in total. The fourth-order valence-electron chi connectivity index (χ4n) is 5.25. The van der Waals surface area contributed by atoms with Gasteiger partial charge in [-0.2, -0.15) is 21.6 Å². The third-order valence-corrected chi connectivity index (χ3v) is 9.94. The fourth-order valence-corrected chi connectivity index (χ4v) is 6.82. The highest BCUT2D eigenvalue weighted by atomic mass is 79.9. The van der Waals surface area contributed by atoms with Crippen LogP contribution in [0.15, 0.2) is 58.2 Å². The second-order valence-corrected chi connectivity index (χ2v) is 13.6. The number of alkyl halides is 3. The SMILES string of the molecule is Cc1ccc(S(=O)(=O)OCCCCN(C)C(=O)c2ccc3c(-c4nc(N[C@H]5CCCNC5)ncc4C(F)(F)F)c[nH]c3c2Br)cc1. The lowest BCUT2D eigenvalue weighted by Crippen LogP contribution is -2.38. The van der Waals surface area contributed by atoms with Crippen LogP contribution in [0.5, 0.6) is 0 Å². The van der Waals surface area contributed by atoms with Gasteiger partial charge in [0, 0.05) is 49.5 Å². The lowest BCUT2D eigenvalue weighted by molar-refractivity contribution is -0.137. The van der Waals surface area contributed by atoms with Gasteiger partial charge in [0.2, 0.25) is 5.95 Å². The zero-order chi connectivity index (χ0) is 33.1. The molecule has 2 aromatic carbocycles. The zero-order valence-electron chi connectivity index (χ0n) is 25.2. The number of amides is 1. The Kier molecular flexibility index (Phi) is 10.3. The van der Waals surface area contributed by atoms with Crippen LogP contribution in [0.2, 0.25) is 0 Å². The van der Waals surface area contributed by atoms with Crippen LogP contribution < -0.4 is 10.6 Å². The van der Waals surface area contributed by atoms with E-state index >= 15 is 0 Å². The number of aromatic amines is 1. The van der Waals surface area contributed by atoms with Gasteiger partial charge in [0.05, 0.1) is 32.7 Å². The molecule has 0 aliphatic carbocycles. The number of nitrogens with one attached hydrogen (secondary N) is 3. The molecule has 1 fully saturated rings. The highest BCUT2D eigenvalue weighted by molar-refractivity contribution is 9.10. The van der Waals surface area contributed by atoms with E-state index in [9.17, 15) is 26.4 Å². The molecule has 1 amide bonds. The maximum atomic E-state index is 14.1. The predicted octanol–water partition coefficient (Wildman–Crippen LogP) is 6.14. The number of benzene rings is 2. The Hall–Kier alpha value is -3.53. The second-order valence-electron chi connectivity index (χ2n) is 11.2. The second kappa shape index (κ2) is 14.1. The minimum absolute atomic E-state index is 0.000228. The van der Waals surface area contributed by atoms with Crippen molar-refractivity contribution in [3.05, 3.63) is 70.0 Å². The van der Waals surface area contributed by atoms with E-state index in [1.54, 1.807) is 31.3 Å². The van der Waals surface area contributed by atoms with Crippen LogP contribution in [0, 0.1) is 6.92 Å². The third-order valence-electron chi connectivity index (χ3n) is 7.79. The predicted molar refractivity (Wildman–Crippen MR) is 172 cm³/mol. The maximum Gasteiger partial charge on any atom is 0.419 e. The molecule has 10 nitrogen and oxygen atoms in total. The number of unbranched alkanes of at least 4 members (excludes halogenated alkanes) is 1. The first-order valence-corrected chi connectivity index (χ1v) is 17.0. The molecule has 246 valence electrons. The normalized spacial score (nSPS) is 15.7. The lowest BCUT2D eigenvalue weighted by Gasteiger charge is -2.24. The molecule has 0 unspecified atom stereocenters. The summed E-state index contributed by atoms with van der Waals surface area (Å²) in [5.41, 5.74) is 0.685. The molecule has 0 bridgehead atoms. The number of anilines is 1. The summed E-state index contributed by atoms with van der Waals surface area (Å²) in [5, 5.41) is 6.84. The summed E-state index contributed by atoms with van der Waals surface area (Å²) >= 11 is 3.48. The number of H-pyrrole nitrogens is 1. The van der Waals surface area contributed by atoms with Gasteiger partial charge in [0.1, 0.15) is 5.56 Å². The molecule has 15 heteroatoms. The Morgan fingerprint density at radius 2 is 1.93 bits per heavy atom. The Morgan fingerprint density at radius 3 is 2.63 bits per heavy atom. The molecule has 1 aliphatic rings. The molecule has 4 aromatic rings. The number of aryl methyl sites for hydroxylation is 1. The molecule has 5 rings (SSSR count). The molecular weight excluding hydrogens is 689 g/mol. The van der Waals surface area contributed by atoms with Gasteiger partial charge in [0.15, 0.2) is 0 Å². The number of carbonyl (C=O) groups is 1. The van der Waals surface area contributed by atoms with Crippen molar-refractivity contribution in [1.29, 1.82) is 0 Å². The first-order valence-electron chi connectivity index (χ1n) is 14.8. The highest BCUT2D eigenvalue weighted by Gasteiger charge is 2.36. The largest absolute Gasteiger partial charge is 0.419 e. The van der Waals surface area contributed by atoms with E-state index in [4.69, 9.17) is 4.18 Å². The van der Waals surface area contributed by atoms with E-state index < -0.39 is 21.9 Å². The quantitative estimate of drug-likeness (QED) is 0.125. The topological polar surface area (TPSA) is 129 Å². The van der Waals surface area contributed by atoms with Crippen molar-refractivity contribution in [2.24, 2.45) is 0 Å². The molecule has 0 saturated carbocycles. The monoisotopic (exact) mass is 722 g/mol. The van der Waals surface area contributed by atoms with Gasteiger partial charge in [-0.3, -0.25) is 8.98 Å². The summed E-state index contributed by atoms with van der Waals surface area (Å²) in [7, 11) is -2.25. The number of halogens is 4. The van der Waals surface area contributed by atoms with Crippen molar-refractivity contribution in [2.75, 3.05) is 38.6 Å². The van der Waals surface area contributed by atoms with Crippen molar-refractivity contribution >= 4 is 48.8 Å². The third kappa shape index (κ3) is 7.70. The van der Waals surface area contributed by atoms with E-state index in [1.165, 1.54) is 23.2 Å². The van der Waals surface area contributed by atoms with Crippen LogP contribution in [0.1, 0.15) is 47.2 Å². The van der Waals surface area contributed by atoms with E-state index in [1.807, 2.05) is 6.92 Å². The summed E-state index contributed by atoms with van der Waals surface area (Å²) in [6.07, 6.45) is 0.228. The van der Waals surface area contributed by atoms with E-state index in [0.717, 1.165) is 31.1 Å². The summed E-state index contributed by atoms with van der Waals surface area (Å²) < 4.78 is 72.4. The maximum absolute atomic E-state index is 14.1. The highest BCUT2D eigenvalue weighted by Crippen LogP contribution is 2.40. The summed E-state index contributed by atoms with van der Waals surface area (Å²) in [6.45, 7) is 3.71. The van der Waals surface area contributed by atoms with Gasteiger partial charge < -0.3 is 20.5 Å². The van der Waals surface area contributed by atoms with Crippen LogP contribution in [0.25, 0.3) is 22.2 Å². The Balaban J connectivity index is 1.28. The van der Waals surface area contributed by atoms with Gasteiger partial charge in [-0.15, -0.1) is 0 Å². The number of carbonyl (C=O) groups excluding carboxylic acids is 1. The number of hydrogen-bond donors (Lipinski definition) is 3. The Morgan fingerprint density at radius 1 is 1.17 bits per heavy atom. The minimum atomic E-state index is -4.68. The van der Waals surface area contributed by atoms with Crippen molar-refractivity contribution in [3.8, 4) is 11.3 Å². The van der Waals surface area contributed by atoms with Crippen molar-refractivity contribution in [3.63, 3.8) is 0 Å². The van der Waals surface area contributed by atoms with Gasteiger partial charge in [-0.1, -0.05) is 23.8 Å². The molecule has 0 spiro atoms. The number of rotatable bonds is 11.